The number of halogens is 1. The van der Waals surface area contributed by atoms with Gasteiger partial charge in [0.25, 0.3) is 0 Å². The highest BCUT2D eigenvalue weighted by atomic mass is 19.1. The van der Waals surface area contributed by atoms with Crippen molar-refractivity contribution in [2.75, 3.05) is 6.61 Å². The van der Waals surface area contributed by atoms with Gasteiger partial charge >= 0.3 is 5.97 Å². The van der Waals surface area contributed by atoms with Crippen molar-refractivity contribution in [3.8, 4) is 5.75 Å². The molecule has 21 heavy (non-hydrogen) atoms. The molecule has 5 heteroatoms. The van der Waals surface area contributed by atoms with E-state index in [0.29, 0.717) is 0 Å². The first-order valence-corrected chi connectivity index (χ1v) is 6.23. The summed E-state index contributed by atoms with van der Waals surface area (Å²) in [5.74, 6) is -1.89. The van der Waals surface area contributed by atoms with Crippen LogP contribution in [0.3, 0.4) is 0 Å². The number of phenols is 1. The molecule has 0 heterocycles. The molecule has 0 aliphatic heterocycles. The van der Waals surface area contributed by atoms with Crippen LogP contribution in [-0.2, 0) is 4.74 Å². The van der Waals surface area contributed by atoms with Crippen molar-refractivity contribution in [3.05, 3.63) is 65.0 Å². The fraction of sp³-hybridized carbons (Fsp3) is 0.125. The van der Waals surface area contributed by atoms with Gasteiger partial charge in [0.2, 0.25) is 0 Å². The Bertz CT molecular complexity index is 677. The molecular formula is C16H13FO4. The molecule has 2 rings (SSSR count). The molecule has 0 aliphatic carbocycles. The van der Waals surface area contributed by atoms with Crippen LogP contribution in [0, 0.1) is 12.7 Å². The molecule has 2 aromatic rings. The van der Waals surface area contributed by atoms with E-state index in [4.69, 9.17) is 4.74 Å². The van der Waals surface area contributed by atoms with E-state index in [0.717, 1.165) is 17.7 Å². The maximum atomic E-state index is 12.7. The Morgan fingerprint density at radius 1 is 1.14 bits per heavy atom. The van der Waals surface area contributed by atoms with E-state index in [1.54, 1.807) is 13.0 Å². The number of esters is 1. The van der Waals surface area contributed by atoms with Gasteiger partial charge in [0.05, 0.1) is 0 Å². The second-order valence-electron chi connectivity index (χ2n) is 4.53. The largest absolute Gasteiger partial charge is 0.507 e. The summed E-state index contributed by atoms with van der Waals surface area (Å²) in [5.41, 5.74) is 1.04. The summed E-state index contributed by atoms with van der Waals surface area (Å²) in [7, 11) is 0. The highest BCUT2D eigenvalue weighted by Crippen LogP contribution is 2.19. The summed E-state index contributed by atoms with van der Waals surface area (Å²) in [5, 5.41) is 9.65. The van der Waals surface area contributed by atoms with E-state index in [1.807, 2.05) is 0 Å². The Kier molecular flexibility index (Phi) is 4.33. The standard InChI is InChI=1S/C16H13FO4/c1-10-2-7-13(14(18)8-10)16(20)21-9-15(19)11-3-5-12(17)6-4-11/h2-8,18H,9H2,1H3. The van der Waals surface area contributed by atoms with E-state index in [-0.39, 0.29) is 16.9 Å². The van der Waals surface area contributed by atoms with Crippen LogP contribution in [0.15, 0.2) is 42.5 Å². The lowest BCUT2D eigenvalue weighted by atomic mass is 10.1. The molecule has 4 nitrogen and oxygen atoms in total. The van der Waals surface area contributed by atoms with E-state index in [2.05, 4.69) is 0 Å². The molecule has 0 radical (unpaired) electrons. The number of rotatable bonds is 4. The average molecular weight is 288 g/mol. The second-order valence-corrected chi connectivity index (χ2v) is 4.53. The molecule has 0 saturated heterocycles. The van der Waals surface area contributed by atoms with Gasteiger partial charge in [-0.3, -0.25) is 4.79 Å². The van der Waals surface area contributed by atoms with Gasteiger partial charge in [0.15, 0.2) is 12.4 Å². The summed E-state index contributed by atoms with van der Waals surface area (Å²) in [6, 6.07) is 9.44. The Labute approximate surface area is 120 Å². The number of aromatic hydroxyl groups is 1. The van der Waals surface area contributed by atoms with Gasteiger partial charge in [-0.15, -0.1) is 0 Å². The number of hydrogen-bond acceptors (Lipinski definition) is 4. The molecule has 0 amide bonds. The maximum Gasteiger partial charge on any atom is 0.342 e. The molecule has 2 aromatic carbocycles. The molecule has 1 N–H and O–H groups in total. The first-order chi connectivity index (χ1) is 9.97. The smallest absolute Gasteiger partial charge is 0.342 e. The number of carbonyl (C=O) groups excluding carboxylic acids is 2. The van der Waals surface area contributed by atoms with E-state index in [1.165, 1.54) is 24.3 Å². The van der Waals surface area contributed by atoms with Gasteiger partial charge < -0.3 is 9.84 Å². The molecule has 0 spiro atoms. The fourth-order valence-corrected chi connectivity index (χ4v) is 1.74. The molecule has 0 aromatic heterocycles. The van der Waals surface area contributed by atoms with Crippen molar-refractivity contribution in [1.82, 2.24) is 0 Å². The van der Waals surface area contributed by atoms with Crippen molar-refractivity contribution in [2.45, 2.75) is 6.92 Å². The van der Waals surface area contributed by atoms with Crippen LogP contribution < -0.4 is 0 Å². The van der Waals surface area contributed by atoms with Gasteiger partial charge in [-0.2, -0.15) is 0 Å². The minimum absolute atomic E-state index is 0.00694. The van der Waals surface area contributed by atoms with Crippen molar-refractivity contribution >= 4 is 11.8 Å². The van der Waals surface area contributed by atoms with Crippen molar-refractivity contribution < 1.29 is 23.8 Å². The number of ketones is 1. The van der Waals surface area contributed by atoms with Crippen molar-refractivity contribution in [2.24, 2.45) is 0 Å². The summed E-state index contributed by atoms with van der Waals surface area (Å²) in [6.07, 6.45) is 0. The van der Waals surface area contributed by atoms with E-state index < -0.39 is 24.2 Å². The number of Topliss-reactive ketones (excluding diaryl/α,β-unsaturated/α-hetero) is 1. The van der Waals surface area contributed by atoms with E-state index >= 15 is 0 Å². The first kappa shape index (κ1) is 14.7. The normalized spacial score (nSPS) is 10.2. The van der Waals surface area contributed by atoms with Crippen LogP contribution in [0.1, 0.15) is 26.3 Å². The third kappa shape index (κ3) is 3.66. The molecular weight excluding hydrogens is 275 g/mol. The number of aryl methyl sites for hydroxylation is 1. The molecule has 108 valence electrons. The van der Waals surface area contributed by atoms with E-state index in [9.17, 15) is 19.1 Å². The topological polar surface area (TPSA) is 63.6 Å². The number of benzene rings is 2. The highest BCUT2D eigenvalue weighted by molar-refractivity contribution is 5.99. The second kappa shape index (κ2) is 6.17. The van der Waals surface area contributed by atoms with Crippen LogP contribution in [-0.4, -0.2) is 23.5 Å². The van der Waals surface area contributed by atoms with Gasteiger partial charge in [-0.1, -0.05) is 6.07 Å². The van der Waals surface area contributed by atoms with Gasteiger partial charge in [-0.25, -0.2) is 9.18 Å². The van der Waals surface area contributed by atoms with Crippen molar-refractivity contribution in [1.29, 1.82) is 0 Å². The Morgan fingerprint density at radius 3 is 2.43 bits per heavy atom. The zero-order chi connectivity index (χ0) is 15.4. The number of carbonyl (C=O) groups is 2. The summed E-state index contributed by atoms with van der Waals surface area (Å²) in [6.45, 7) is 1.30. The highest BCUT2D eigenvalue weighted by Gasteiger charge is 2.15. The summed E-state index contributed by atoms with van der Waals surface area (Å²) in [4.78, 5) is 23.5. The molecule has 0 fully saturated rings. The third-order valence-corrected chi connectivity index (χ3v) is 2.87. The Hall–Kier alpha value is -2.69. The first-order valence-electron chi connectivity index (χ1n) is 6.23. The molecule has 0 bridgehead atoms. The average Bonchev–Trinajstić information content (AvgIpc) is 2.45. The quantitative estimate of drug-likeness (QED) is 0.694. The van der Waals surface area contributed by atoms with Crippen LogP contribution in [0.5, 0.6) is 5.75 Å². The van der Waals surface area contributed by atoms with Gasteiger partial charge in [0, 0.05) is 5.56 Å². The van der Waals surface area contributed by atoms with Gasteiger partial charge in [0.1, 0.15) is 17.1 Å². The zero-order valence-electron chi connectivity index (χ0n) is 11.3. The lowest BCUT2D eigenvalue weighted by molar-refractivity contribution is 0.0472. The Morgan fingerprint density at radius 2 is 1.81 bits per heavy atom. The maximum absolute atomic E-state index is 12.7. The number of hydrogen-bond donors (Lipinski definition) is 1. The molecule has 0 unspecified atom stereocenters. The monoisotopic (exact) mass is 288 g/mol. The lowest BCUT2D eigenvalue weighted by Gasteiger charge is -2.06. The zero-order valence-corrected chi connectivity index (χ0v) is 11.3. The third-order valence-electron chi connectivity index (χ3n) is 2.87. The predicted octanol–water partition coefficient (Wildman–Crippen LogP) is 2.88. The van der Waals surface area contributed by atoms with Crippen molar-refractivity contribution in [3.63, 3.8) is 0 Å². The minimum atomic E-state index is -0.789. The number of phenolic OH excluding ortho intramolecular Hbond substituents is 1. The van der Waals surface area contributed by atoms with Gasteiger partial charge in [-0.05, 0) is 48.9 Å². The lowest BCUT2D eigenvalue weighted by Crippen LogP contribution is -2.14. The SMILES string of the molecule is Cc1ccc(C(=O)OCC(=O)c2ccc(F)cc2)c(O)c1. The van der Waals surface area contributed by atoms with Crippen LogP contribution >= 0.6 is 0 Å². The van der Waals surface area contributed by atoms with Crippen LogP contribution in [0.25, 0.3) is 0 Å². The summed E-state index contributed by atoms with van der Waals surface area (Å²) >= 11 is 0. The predicted molar refractivity (Wildman–Crippen MR) is 73.9 cm³/mol. The van der Waals surface area contributed by atoms with Crippen LogP contribution in [0.2, 0.25) is 0 Å². The molecule has 0 saturated carbocycles. The Balaban J connectivity index is 2.00. The molecule has 0 aliphatic rings. The molecule has 0 atom stereocenters. The minimum Gasteiger partial charge on any atom is -0.507 e. The van der Waals surface area contributed by atoms with Crippen LogP contribution in [0.4, 0.5) is 4.39 Å². The fourth-order valence-electron chi connectivity index (χ4n) is 1.74. The summed E-state index contributed by atoms with van der Waals surface area (Å²) < 4.78 is 17.6. The number of ether oxygens (including phenoxy) is 1.